The van der Waals surface area contributed by atoms with E-state index in [-0.39, 0.29) is 5.91 Å². The molecule has 0 saturated carbocycles. The molecule has 1 amide bonds. The van der Waals surface area contributed by atoms with E-state index in [4.69, 9.17) is 5.26 Å². The summed E-state index contributed by atoms with van der Waals surface area (Å²) in [5.41, 5.74) is 2.03. The Morgan fingerprint density at radius 1 is 1.50 bits per heavy atom. The molecule has 0 aliphatic heterocycles. The highest BCUT2D eigenvalue weighted by molar-refractivity contribution is 7.99. The first-order valence-electron chi connectivity index (χ1n) is 6.48. The van der Waals surface area contributed by atoms with Gasteiger partial charge >= 0.3 is 0 Å². The van der Waals surface area contributed by atoms with E-state index in [9.17, 15) is 4.79 Å². The van der Waals surface area contributed by atoms with Crippen molar-refractivity contribution in [2.75, 3.05) is 12.3 Å². The number of para-hydroxylation sites is 2. The number of aryl methyl sites for hydroxylation is 1. The summed E-state index contributed by atoms with van der Waals surface area (Å²) < 4.78 is 2.10. The van der Waals surface area contributed by atoms with Crippen molar-refractivity contribution in [3.05, 3.63) is 24.3 Å². The van der Waals surface area contributed by atoms with Crippen LogP contribution in [0.25, 0.3) is 11.0 Å². The van der Waals surface area contributed by atoms with Crippen LogP contribution >= 0.6 is 11.8 Å². The summed E-state index contributed by atoms with van der Waals surface area (Å²) >= 11 is 1.42. The van der Waals surface area contributed by atoms with Gasteiger partial charge in [-0.05, 0) is 19.1 Å². The Morgan fingerprint density at radius 2 is 2.30 bits per heavy atom. The molecule has 0 bridgehead atoms. The van der Waals surface area contributed by atoms with E-state index < -0.39 is 0 Å². The van der Waals surface area contributed by atoms with Gasteiger partial charge in [0.05, 0.1) is 29.3 Å². The van der Waals surface area contributed by atoms with Crippen LogP contribution in [0.4, 0.5) is 0 Å². The van der Waals surface area contributed by atoms with Gasteiger partial charge in [-0.3, -0.25) is 4.79 Å². The number of carbonyl (C=O) groups excluding carboxylic acids is 1. The number of nitrogens with one attached hydrogen (secondary N) is 1. The monoisotopic (exact) mass is 288 g/mol. The van der Waals surface area contributed by atoms with Crippen molar-refractivity contribution in [3.63, 3.8) is 0 Å². The second-order valence-electron chi connectivity index (χ2n) is 4.17. The van der Waals surface area contributed by atoms with Crippen molar-refractivity contribution in [1.29, 1.82) is 5.26 Å². The lowest BCUT2D eigenvalue weighted by Crippen LogP contribution is -2.26. The summed E-state index contributed by atoms with van der Waals surface area (Å²) in [6.07, 6.45) is 0.337. The Hall–Kier alpha value is -2.00. The maximum atomic E-state index is 11.6. The number of hydrogen-bond donors (Lipinski definition) is 1. The van der Waals surface area contributed by atoms with Crippen molar-refractivity contribution < 1.29 is 4.79 Å². The van der Waals surface area contributed by atoms with E-state index in [2.05, 4.69) is 21.8 Å². The van der Waals surface area contributed by atoms with E-state index in [1.165, 1.54) is 11.8 Å². The van der Waals surface area contributed by atoms with Gasteiger partial charge in [0, 0.05) is 13.1 Å². The first kappa shape index (κ1) is 14.4. The van der Waals surface area contributed by atoms with Gasteiger partial charge in [-0.25, -0.2) is 4.98 Å². The predicted molar refractivity (Wildman–Crippen MR) is 79.4 cm³/mol. The molecule has 1 aromatic heterocycles. The van der Waals surface area contributed by atoms with Crippen molar-refractivity contribution >= 4 is 28.7 Å². The normalized spacial score (nSPS) is 10.4. The number of rotatable bonds is 6. The minimum Gasteiger partial charge on any atom is -0.354 e. The second-order valence-corrected chi connectivity index (χ2v) is 5.12. The standard InChI is InChI=1S/C14H16N4OS/c1-2-18-12-7-4-3-6-11(12)17-14(18)20-10-13(19)16-9-5-8-15/h3-4,6-7H,2,5,9-10H2,1H3,(H,16,19). The lowest BCUT2D eigenvalue weighted by molar-refractivity contribution is -0.118. The zero-order valence-corrected chi connectivity index (χ0v) is 12.1. The molecule has 0 aliphatic rings. The molecule has 2 rings (SSSR count). The molecule has 0 unspecified atom stereocenters. The van der Waals surface area contributed by atoms with Crippen LogP contribution in [0.2, 0.25) is 0 Å². The van der Waals surface area contributed by atoms with E-state index in [0.717, 1.165) is 22.7 Å². The lowest BCUT2D eigenvalue weighted by Gasteiger charge is -2.05. The lowest BCUT2D eigenvalue weighted by atomic mass is 10.3. The number of thioether (sulfide) groups is 1. The predicted octanol–water partition coefficient (Wildman–Crippen LogP) is 2.18. The van der Waals surface area contributed by atoms with Gasteiger partial charge in [0.1, 0.15) is 0 Å². The third kappa shape index (κ3) is 3.31. The number of imidazole rings is 1. The van der Waals surface area contributed by atoms with E-state index in [1.807, 2.05) is 30.3 Å². The first-order chi connectivity index (χ1) is 9.76. The number of fused-ring (bicyclic) bond motifs is 1. The van der Waals surface area contributed by atoms with Gasteiger partial charge in [-0.15, -0.1) is 0 Å². The second kappa shape index (κ2) is 6.96. The Morgan fingerprint density at radius 3 is 3.05 bits per heavy atom. The van der Waals surface area contributed by atoms with Gasteiger partial charge in [-0.2, -0.15) is 5.26 Å². The van der Waals surface area contributed by atoms with Crippen LogP contribution in [0.5, 0.6) is 0 Å². The van der Waals surface area contributed by atoms with Crippen LogP contribution in [-0.2, 0) is 11.3 Å². The molecule has 0 spiro atoms. The summed E-state index contributed by atoms with van der Waals surface area (Å²) in [7, 11) is 0. The number of hydrogen-bond acceptors (Lipinski definition) is 4. The number of aromatic nitrogens is 2. The molecular weight excluding hydrogens is 272 g/mol. The largest absolute Gasteiger partial charge is 0.354 e. The van der Waals surface area contributed by atoms with E-state index >= 15 is 0 Å². The molecule has 1 heterocycles. The minimum absolute atomic E-state index is 0.0695. The molecule has 5 nitrogen and oxygen atoms in total. The summed E-state index contributed by atoms with van der Waals surface area (Å²) in [5.74, 6) is 0.245. The van der Waals surface area contributed by atoms with Gasteiger partial charge in [0.2, 0.25) is 5.91 Å². The molecule has 0 radical (unpaired) electrons. The van der Waals surface area contributed by atoms with Crippen molar-refractivity contribution in [2.45, 2.75) is 25.0 Å². The average Bonchev–Trinajstić information content (AvgIpc) is 2.83. The Labute approximate surface area is 122 Å². The fourth-order valence-corrected chi connectivity index (χ4v) is 2.82. The maximum Gasteiger partial charge on any atom is 0.230 e. The highest BCUT2D eigenvalue weighted by Gasteiger charge is 2.11. The molecular formula is C14H16N4OS. The van der Waals surface area contributed by atoms with Crippen LogP contribution in [0.1, 0.15) is 13.3 Å². The van der Waals surface area contributed by atoms with Crippen molar-refractivity contribution in [3.8, 4) is 6.07 Å². The van der Waals surface area contributed by atoms with Crippen molar-refractivity contribution in [1.82, 2.24) is 14.9 Å². The third-order valence-electron chi connectivity index (χ3n) is 2.83. The number of carbonyl (C=O) groups is 1. The van der Waals surface area contributed by atoms with Gasteiger partial charge in [-0.1, -0.05) is 23.9 Å². The molecule has 6 heteroatoms. The quantitative estimate of drug-likeness (QED) is 0.653. The Bertz CT molecular complexity index is 644. The van der Waals surface area contributed by atoms with Gasteiger partial charge in [0.25, 0.3) is 0 Å². The molecule has 0 atom stereocenters. The van der Waals surface area contributed by atoms with E-state index in [0.29, 0.717) is 18.7 Å². The number of nitrogens with zero attached hydrogens (tertiary/aromatic N) is 3. The first-order valence-corrected chi connectivity index (χ1v) is 7.46. The zero-order valence-electron chi connectivity index (χ0n) is 11.3. The maximum absolute atomic E-state index is 11.6. The van der Waals surface area contributed by atoms with Crippen LogP contribution in [0.15, 0.2) is 29.4 Å². The zero-order chi connectivity index (χ0) is 14.4. The van der Waals surface area contributed by atoms with Crippen LogP contribution in [0.3, 0.4) is 0 Å². The molecule has 0 saturated heterocycles. The minimum atomic E-state index is -0.0695. The molecule has 0 fully saturated rings. The van der Waals surface area contributed by atoms with Crippen molar-refractivity contribution in [2.24, 2.45) is 0 Å². The van der Waals surface area contributed by atoms with Crippen LogP contribution in [0, 0.1) is 11.3 Å². The molecule has 0 aliphatic carbocycles. The number of nitriles is 1. The molecule has 20 heavy (non-hydrogen) atoms. The van der Waals surface area contributed by atoms with Crippen LogP contribution < -0.4 is 5.32 Å². The van der Waals surface area contributed by atoms with Gasteiger partial charge < -0.3 is 9.88 Å². The highest BCUT2D eigenvalue weighted by atomic mass is 32.2. The molecule has 1 aromatic carbocycles. The number of benzene rings is 1. The Kier molecular flexibility index (Phi) is 5.02. The third-order valence-corrected chi connectivity index (χ3v) is 3.80. The fourth-order valence-electron chi connectivity index (χ4n) is 1.91. The summed E-state index contributed by atoms with van der Waals surface area (Å²) in [6, 6.07) is 9.94. The Balaban J connectivity index is 2.03. The summed E-state index contributed by atoms with van der Waals surface area (Å²) in [5, 5.41) is 12.0. The fraction of sp³-hybridized carbons (Fsp3) is 0.357. The molecule has 1 N–H and O–H groups in total. The summed E-state index contributed by atoms with van der Waals surface area (Å²) in [4.78, 5) is 16.2. The molecule has 104 valence electrons. The number of amides is 1. The topological polar surface area (TPSA) is 70.7 Å². The van der Waals surface area contributed by atoms with Gasteiger partial charge in [0.15, 0.2) is 5.16 Å². The summed E-state index contributed by atoms with van der Waals surface area (Å²) in [6.45, 7) is 3.28. The SMILES string of the molecule is CCn1c(SCC(=O)NCCC#N)nc2ccccc21. The van der Waals surface area contributed by atoms with E-state index in [1.54, 1.807) is 0 Å². The smallest absolute Gasteiger partial charge is 0.230 e. The highest BCUT2D eigenvalue weighted by Crippen LogP contribution is 2.23. The van der Waals surface area contributed by atoms with Crippen LogP contribution in [-0.4, -0.2) is 27.8 Å². The molecule has 2 aromatic rings. The average molecular weight is 288 g/mol.